The zero-order valence-corrected chi connectivity index (χ0v) is 12.7. The van der Waals surface area contributed by atoms with Crippen molar-refractivity contribution < 1.29 is 4.39 Å². The second-order valence-electron chi connectivity index (χ2n) is 3.23. The summed E-state index contributed by atoms with van der Waals surface area (Å²) in [5, 5.41) is 4.20. The molecule has 15 heavy (non-hydrogen) atoms. The van der Waals surface area contributed by atoms with Crippen molar-refractivity contribution >= 4 is 25.8 Å². The molecule has 0 N–H and O–H groups in total. The number of hydrogen-bond donors (Lipinski definition) is 0. The van der Waals surface area contributed by atoms with Crippen LogP contribution in [0, 0.1) is 6.92 Å². The zero-order chi connectivity index (χ0) is 10.8. The number of halogens is 1. The Hall–Kier alpha value is -0.788. The standard InChI is InChI=1S/C10H9FN3.Tl/c1-8-6-14(7-11)13-10(8)9-4-2-3-5-12-9;/h2-7H,1H3;. The maximum absolute atomic E-state index is 13.1. The molecule has 3 nitrogen and oxygen atoms in total. The molecule has 2 aromatic heterocycles. The predicted molar refractivity (Wildman–Crippen MR) is 56.1 cm³/mol. The van der Waals surface area contributed by atoms with Crippen LogP contribution in [-0.4, -0.2) is 40.5 Å². The van der Waals surface area contributed by atoms with Crippen molar-refractivity contribution in [1.29, 1.82) is 0 Å². The average molecular weight is 395 g/mol. The van der Waals surface area contributed by atoms with Gasteiger partial charge in [0.25, 0.3) is 0 Å². The molecule has 0 aromatic carbocycles. The Kier molecular flexibility index (Phi) is 3.13. The van der Waals surface area contributed by atoms with Gasteiger partial charge in [-0.25, -0.2) is 0 Å². The summed E-state index contributed by atoms with van der Waals surface area (Å²) in [5.41, 5.74) is 2.51. The molecule has 2 heterocycles. The molecular formula is C10H9FN3Tl. The summed E-state index contributed by atoms with van der Waals surface area (Å²) in [5.74, 6) is 0. The molecule has 2 aromatic rings. The fourth-order valence-electron chi connectivity index (χ4n) is 1.37. The van der Waals surface area contributed by atoms with E-state index < -0.39 is 3.85 Å². The van der Waals surface area contributed by atoms with Gasteiger partial charge in [-0.05, 0) is 0 Å². The van der Waals surface area contributed by atoms with Gasteiger partial charge in [0.1, 0.15) is 0 Å². The Morgan fingerprint density at radius 3 is 2.80 bits per heavy atom. The van der Waals surface area contributed by atoms with Gasteiger partial charge in [-0.1, -0.05) is 0 Å². The molecule has 0 radical (unpaired) electrons. The molecule has 0 amide bonds. The Balaban J connectivity index is 2.45. The Morgan fingerprint density at radius 2 is 2.27 bits per heavy atom. The molecule has 5 heteroatoms. The molecule has 0 saturated heterocycles. The van der Waals surface area contributed by atoms with Gasteiger partial charge >= 0.3 is 103 Å². The first-order valence-corrected chi connectivity index (χ1v) is 7.14. The normalized spacial score (nSPS) is 12.6. The van der Waals surface area contributed by atoms with E-state index in [9.17, 15) is 4.39 Å². The Labute approximate surface area is 103 Å². The number of aryl methyl sites for hydroxylation is 1. The van der Waals surface area contributed by atoms with Gasteiger partial charge in [-0.3, -0.25) is 0 Å². The number of hydrogen-bond acceptors (Lipinski definition) is 2. The summed E-state index contributed by atoms with van der Waals surface area (Å²) < 4.78 is 13.5. The van der Waals surface area contributed by atoms with Crippen LogP contribution in [0.2, 0.25) is 0 Å². The molecule has 0 saturated carbocycles. The zero-order valence-electron chi connectivity index (χ0n) is 8.26. The summed E-state index contributed by atoms with van der Waals surface area (Å²) in [4.78, 5) is 4.20. The number of alkyl halides is 1. The molecule has 74 valence electrons. The number of pyridine rings is 1. The average Bonchev–Trinajstić information content (AvgIpc) is 2.62. The first kappa shape index (κ1) is 10.7. The van der Waals surface area contributed by atoms with Crippen molar-refractivity contribution in [1.82, 2.24) is 14.8 Å². The third kappa shape index (κ3) is 2.24. The van der Waals surface area contributed by atoms with E-state index in [2.05, 4.69) is 10.1 Å². The molecule has 0 bridgehead atoms. The predicted octanol–water partition coefficient (Wildman–Crippen LogP) is 1.85. The first-order chi connectivity index (χ1) is 7.18. The van der Waals surface area contributed by atoms with Crippen LogP contribution < -0.4 is 0 Å². The van der Waals surface area contributed by atoms with Crippen molar-refractivity contribution in [2.24, 2.45) is 0 Å². The Bertz CT molecular complexity index is 453. The van der Waals surface area contributed by atoms with Crippen molar-refractivity contribution in [2.75, 3.05) is 0 Å². The molecular weight excluding hydrogens is 386 g/mol. The van der Waals surface area contributed by atoms with Gasteiger partial charge in [0, 0.05) is 0 Å². The molecule has 0 aliphatic rings. The second kappa shape index (κ2) is 4.38. The molecule has 2 rings (SSSR count). The van der Waals surface area contributed by atoms with E-state index in [4.69, 9.17) is 0 Å². The number of nitrogens with zero attached hydrogens (tertiary/aromatic N) is 3. The first-order valence-electron chi connectivity index (χ1n) is 4.55. The van der Waals surface area contributed by atoms with Crippen LogP contribution in [0.3, 0.4) is 0 Å². The Morgan fingerprint density at radius 1 is 1.47 bits per heavy atom. The summed E-state index contributed by atoms with van der Waals surface area (Å²) >= 11 is 0.242. The number of rotatable bonds is 2. The van der Waals surface area contributed by atoms with E-state index >= 15 is 0 Å². The van der Waals surface area contributed by atoms with Crippen LogP contribution in [0.25, 0.3) is 11.4 Å². The van der Waals surface area contributed by atoms with E-state index in [1.165, 1.54) is 4.68 Å². The molecule has 1 atom stereocenters. The maximum atomic E-state index is 13.1. The van der Waals surface area contributed by atoms with Crippen LogP contribution in [-0.2, 0) is 0 Å². The van der Waals surface area contributed by atoms with E-state index in [1.54, 1.807) is 12.4 Å². The quantitative estimate of drug-likeness (QED) is 0.728. The third-order valence-corrected chi connectivity index (χ3v) is 3.26. The molecule has 0 aliphatic carbocycles. The van der Waals surface area contributed by atoms with Gasteiger partial charge in [0.15, 0.2) is 0 Å². The van der Waals surface area contributed by atoms with Crippen LogP contribution in [0.1, 0.15) is 9.42 Å². The monoisotopic (exact) mass is 395 g/mol. The third-order valence-electron chi connectivity index (χ3n) is 2.08. The topological polar surface area (TPSA) is 30.7 Å². The van der Waals surface area contributed by atoms with E-state index in [0.717, 1.165) is 17.0 Å². The minimum atomic E-state index is -0.943. The SMILES string of the molecule is Cc1cn([CH](F)[Tl])nc1-c1ccccn1. The summed E-state index contributed by atoms with van der Waals surface area (Å²) in [7, 11) is 0. The van der Waals surface area contributed by atoms with Crippen molar-refractivity contribution in [3.05, 3.63) is 36.2 Å². The van der Waals surface area contributed by atoms with Gasteiger partial charge in [-0.2, -0.15) is 0 Å². The molecule has 0 fully saturated rings. The fraction of sp³-hybridized carbons (Fsp3) is 0.200. The van der Waals surface area contributed by atoms with Gasteiger partial charge in [-0.15, -0.1) is 0 Å². The minimum absolute atomic E-state index is 0.242. The second-order valence-corrected chi connectivity index (χ2v) is 5.37. The summed E-state index contributed by atoms with van der Waals surface area (Å²) in [6.07, 6.45) is 3.44. The van der Waals surface area contributed by atoms with E-state index in [1.807, 2.05) is 25.1 Å². The van der Waals surface area contributed by atoms with E-state index in [-0.39, 0.29) is 25.8 Å². The van der Waals surface area contributed by atoms with Crippen molar-refractivity contribution in [2.45, 2.75) is 10.8 Å². The van der Waals surface area contributed by atoms with Gasteiger partial charge in [0.05, 0.1) is 0 Å². The molecule has 1 unspecified atom stereocenters. The van der Waals surface area contributed by atoms with Crippen LogP contribution >= 0.6 is 0 Å². The molecule has 0 spiro atoms. The fourth-order valence-corrected chi connectivity index (χ4v) is 1.96. The summed E-state index contributed by atoms with van der Waals surface area (Å²) in [6.45, 7) is 1.92. The van der Waals surface area contributed by atoms with Crippen LogP contribution in [0.15, 0.2) is 30.6 Å². The summed E-state index contributed by atoms with van der Waals surface area (Å²) in [6, 6.07) is 5.63. The van der Waals surface area contributed by atoms with Gasteiger partial charge in [0.2, 0.25) is 0 Å². The van der Waals surface area contributed by atoms with Crippen LogP contribution in [0.4, 0.5) is 4.39 Å². The van der Waals surface area contributed by atoms with Crippen molar-refractivity contribution in [3.8, 4) is 11.4 Å². The van der Waals surface area contributed by atoms with Gasteiger partial charge < -0.3 is 0 Å². The van der Waals surface area contributed by atoms with Crippen molar-refractivity contribution in [3.63, 3.8) is 0 Å². The van der Waals surface area contributed by atoms with E-state index in [0.29, 0.717) is 0 Å². The van der Waals surface area contributed by atoms with Crippen LogP contribution in [0.5, 0.6) is 0 Å². The number of aromatic nitrogens is 3. The molecule has 0 aliphatic heterocycles.